The number of piperazine rings is 1. The first-order valence-electron chi connectivity index (χ1n) is 7.59. The Kier molecular flexibility index (Phi) is 4.35. The molecule has 1 N–H and O–H groups in total. The summed E-state index contributed by atoms with van der Waals surface area (Å²) in [5.74, 6) is 0.237. The van der Waals surface area contributed by atoms with Crippen molar-refractivity contribution in [2.24, 2.45) is 5.92 Å². The highest BCUT2D eigenvalue weighted by molar-refractivity contribution is 6.00. The van der Waals surface area contributed by atoms with Crippen molar-refractivity contribution in [3.8, 4) is 0 Å². The number of carbonyl (C=O) groups is 2. The van der Waals surface area contributed by atoms with E-state index >= 15 is 0 Å². The summed E-state index contributed by atoms with van der Waals surface area (Å²) in [6.07, 6.45) is 0.977. The number of nitrogens with zero attached hydrogens (tertiary/aromatic N) is 1. The quantitative estimate of drug-likeness (QED) is 0.924. The van der Waals surface area contributed by atoms with E-state index in [9.17, 15) is 9.59 Å². The average molecular weight is 288 g/mol. The molecule has 2 amide bonds. The molecule has 1 aromatic rings. The van der Waals surface area contributed by atoms with Gasteiger partial charge in [-0.1, -0.05) is 50.6 Å². The van der Waals surface area contributed by atoms with Crippen LogP contribution in [0.25, 0.3) is 0 Å². The van der Waals surface area contributed by atoms with Gasteiger partial charge in [-0.25, -0.2) is 0 Å². The molecular formula is C17H24N2O2. The molecule has 21 heavy (non-hydrogen) atoms. The molecule has 1 aromatic carbocycles. The fraction of sp³-hybridized carbons (Fsp3) is 0.529. The second kappa shape index (κ2) is 5.88. The molecule has 1 fully saturated rings. The lowest BCUT2D eigenvalue weighted by molar-refractivity contribution is -0.157. The van der Waals surface area contributed by atoms with Gasteiger partial charge in [-0.05, 0) is 25.3 Å². The Morgan fingerprint density at radius 3 is 2.48 bits per heavy atom. The van der Waals surface area contributed by atoms with Crippen molar-refractivity contribution in [2.45, 2.75) is 45.7 Å². The number of benzene rings is 1. The summed E-state index contributed by atoms with van der Waals surface area (Å²) in [6.45, 7) is 8.38. The molecule has 114 valence electrons. The molecule has 1 aliphatic heterocycles. The van der Waals surface area contributed by atoms with Crippen LogP contribution in [-0.4, -0.2) is 29.3 Å². The van der Waals surface area contributed by atoms with Crippen LogP contribution in [0.1, 0.15) is 39.7 Å². The van der Waals surface area contributed by atoms with Gasteiger partial charge in [0.1, 0.15) is 11.6 Å². The van der Waals surface area contributed by atoms with Crippen LogP contribution in [0.15, 0.2) is 30.3 Å². The highest BCUT2D eigenvalue weighted by Gasteiger charge is 2.49. The van der Waals surface area contributed by atoms with Gasteiger partial charge in [-0.3, -0.25) is 9.59 Å². The van der Waals surface area contributed by atoms with E-state index < -0.39 is 11.6 Å². The van der Waals surface area contributed by atoms with Gasteiger partial charge >= 0.3 is 0 Å². The first kappa shape index (κ1) is 15.5. The van der Waals surface area contributed by atoms with Gasteiger partial charge in [0.05, 0.1) is 0 Å². The fourth-order valence-electron chi connectivity index (χ4n) is 2.74. The highest BCUT2D eigenvalue weighted by atomic mass is 16.2. The first-order chi connectivity index (χ1) is 9.91. The van der Waals surface area contributed by atoms with Crippen LogP contribution in [0.4, 0.5) is 0 Å². The van der Waals surface area contributed by atoms with E-state index in [4.69, 9.17) is 0 Å². The van der Waals surface area contributed by atoms with Crippen LogP contribution in [0, 0.1) is 5.92 Å². The lowest BCUT2D eigenvalue weighted by atomic mass is 9.85. The van der Waals surface area contributed by atoms with Crippen molar-refractivity contribution in [1.82, 2.24) is 10.2 Å². The molecule has 0 aromatic heterocycles. The Morgan fingerprint density at radius 1 is 1.29 bits per heavy atom. The zero-order valence-electron chi connectivity index (χ0n) is 13.2. The Labute approximate surface area is 126 Å². The number of rotatable bonds is 4. The van der Waals surface area contributed by atoms with Gasteiger partial charge in [0.15, 0.2) is 0 Å². The molecule has 0 saturated carbocycles. The molecule has 0 bridgehead atoms. The summed E-state index contributed by atoms with van der Waals surface area (Å²) in [7, 11) is 0. The van der Waals surface area contributed by atoms with Gasteiger partial charge < -0.3 is 10.2 Å². The van der Waals surface area contributed by atoms with Crippen molar-refractivity contribution < 1.29 is 9.59 Å². The number of nitrogens with one attached hydrogen (secondary N) is 1. The topological polar surface area (TPSA) is 49.4 Å². The summed E-state index contributed by atoms with van der Waals surface area (Å²) in [6, 6.07) is 9.07. The van der Waals surface area contributed by atoms with Gasteiger partial charge in [-0.2, -0.15) is 0 Å². The van der Waals surface area contributed by atoms with Gasteiger partial charge in [-0.15, -0.1) is 0 Å². The van der Waals surface area contributed by atoms with E-state index in [2.05, 4.69) is 19.2 Å². The number of amides is 2. The maximum atomic E-state index is 12.6. The van der Waals surface area contributed by atoms with Gasteiger partial charge in [0.25, 0.3) is 5.91 Å². The lowest BCUT2D eigenvalue weighted by Gasteiger charge is -2.46. The maximum absolute atomic E-state index is 12.6. The van der Waals surface area contributed by atoms with E-state index in [0.29, 0.717) is 12.5 Å². The zero-order valence-corrected chi connectivity index (χ0v) is 13.2. The Balaban J connectivity index is 2.47. The van der Waals surface area contributed by atoms with Crippen molar-refractivity contribution in [2.75, 3.05) is 6.54 Å². The first-order valence-corrected chi connectivity index (χ1v) is 7.59. The summed E-state index contributed by atoms with van der Waals surface area (Å²) >= 11 is 0. The summed E-state index contributed by atoms with van der Waals surface area (Å²) in [4.78, 5) is 27.0. The normalized spacial score (nSPS) is 27.4. The Bertz CT molecular complexity index is 529. The molecule has 4 heteroatoms. The SMILES string of the molecule is CCC(C)CN1C(=O)C(C)NC(=O)C1(C)c1ccccc1. The molecule has 0 aliphatic carbocycles. The third-order valence-electron chi connectivity index (χ3n) is 4.49. The van der Waals surface area contributed by atoms with Crippen molar-refractivity contribution in [1.29, 1.82) is 0 Å². The fourth-order valence-corrected chi connectivity index (χ4v) is 2.74. The van der Waals surface area contributed by atoms with Crippen LogP contribution >= 0.6 is 0 Å². The van der Waals surface area contributed by atoms with Gasteiger partial charge in [0, 0.05) is 6.54 Å². The highest BCUT2D eigenvalue weighted by Crippen LogP contribution is 2.33. The minimum atomic E-state index is -0.936. The number of carbonyl (C=O) groups excluding carboxylic acids is 2. The third-order valence-corrected chi connectivity index (χ3v) is 4.49. The Hall–Kier alpha value is -1.84. The summed E-state index contributed by atoms with van der Waals surface area (Å²) in [5.41, 5.74) is -0.0834. The minimum absolute atomic E-state index is 0.0127. The summed E-state index contributed by atoms with van der Waals surface area (Å²) in [5, 5.41) is 2.81. The predicted octanol–water partition coefficient (Wildman–Crippen LogP) is 2.29. The van der Waals surface area contributed by atoms with Crippen LogP contribution < -0.4 is 5.32 Å². The van der Waals surface area contributed by atoms with E-state index in [0.717, 1.165) is 12.0 Å². The third kappa shape index (κ3) is 2.67. The number of hydrogen-bond donors (Lipinski definition) is 1. The van der Waals surface area contributed by atoms with E-state index in [-0.39, 0.29) is 11.8 Å². The molecule has 3 unspecified atom stereocenters. The predicted molar refractivity (Wildman–Crippen MR) is 82.6 cm³/mol. The number of hydrogen-bond acceptors (Lipinski definition) is 2. The van der Waals surface area contributed by atoms with Crippen molar-refractivity contribution in [3.63, 3.8) is 0 Å². The second-order valence-electron chi connectivity index (χ2n) is 6.10. The van der Waals surface area contributed by atoms with Crippen LogP contribution in [0.3, 0.4) is 0 Å². The van der Waals surface area contributed by atoms with E-state index in [1.165, 1.54) is 0 Å². The maximum Gasteiger partial charge on any atom is 0.250 e. The molecule has 4 nitrogen and oxygen atoms in total. The molecule has 1 aliphatic rings. The summed E-state index contributed by atoms with van der Waals surface area (Å²) < 4.78 is 0. The molecule has 3 atom stereocenters. The smallest absolute Gasteiger partial charge is 0.250 e. The average Bonchev–Trinajstić information content (AvgIpc) is 2.50. The van der Waals surface area contributed by atoms with Crippen LogP contribution in [-0.2, 0) is 15.1 Å². The largest absolute Gasteiger partial charge is 0.342 e. The van der Waals surface area contributed by atoms with Crippen LogP contribution in [0.2, 0.25) is 0 Å². The zero-order chi connectivity index (χ0) is 15.6. The monoisotopic (exact) mass is 288 g/mol. The van der Waals surface area contributed by atoms with Crippen molar-refractivity contribution in [3.05, 3.63) is 35.9 Å². The van der Waals surface area contributed by atoms with E-state index in [1.807, 2.05) is 37.3 Å². The second-order valence-corrected chi connectivity index (χ2v) is 6.10. The van der Waals surface area contributed by atoms with Gasteiger partial charge in [0.2, 0.25) is 5.91 Å². The standard InChI is InChI=1S/C17H24N2O2/c1-5-12(2)11-19-15(20)13(3)18-16(21)17(19,4)14-9-7-6-8-10-14/h6-10,12-13H,5,11H2,1-4H3,(H,18,21). The van der Waals surface area contributed by atoms with Crippen molar-refractivity contribution >= 4 is 11.8 Å². The molecular weight excluding hydrogens is 264 g/mol. The van der Waals surface area contributed by atoms with E-state index in [1.54, 1.807) is 11.8 Å². The Morgan fingerprint density at radius 2 is 1.90 bits per heavy atom. The molecule has 2 rings (SSSR count). The molecule has 0 radical (unpaired) electrons. The molecule has 1 saturated heterocycles. The molecule has 0 spiro atoms. The van der Waals surface area contributed by atoms with Crippen LogP contribution in [0.5, 0.6) is 0 Å². The lowest BCUT2D eigenvalue weighted by Crippen LogP contribution is -2.67. The minimum Gasteiger partial charge on any atom is -0.342 e. The molecule has 1 heterocycles.